The van der Waals surface area contributed by atoms with Crippen molar-refractivity contribution in [1.29, 1.82) is 0 Å². The summed E-state index contributed by atoms with van der Waals surface area (Å²) in [6.07, 6.45) is 0.925. The highest BCUT2D eigenvalue weighted by Gasteiger charge is 2.15. The highest BCUT2D eigenvalue weighted by Crippen LogP contribution is 2.20. The van der Waals surface area contributed by atoms with Gasteiger partial charge in [0.15, 0.2) is 0 Å². The van der Waals surface area contributed by atoms with Gasteiger partial charge in [0.1, 0.15) is 5.75 Å². The summed E-state index contributed by atoms with van der Waals surface area (Å²) in [5.41, 5.74) is 2.66. The summed E-state index contributed by atoms with van der Waals surface area (Å²) >= 11 is 0. The average Bonchev–Trinajstić information content (AvgIpc) is 2.74. The Hall–Kier alpha value is -3.32. The van der Waals surface area contributed by atoms with Gasteiger partial charge in [-0.15, -0.1) is 0 Å². The molecule has 0 aliphatic rings. The van der Waals surface area contributed by atoms with Crippen LogP contribution < -0.4 is 14.8 Å². The third-order valence-electron chi connectivity index (χ3n) is 4.39. The number of sulfonamides is 1. The van der Waals surface area contributed by atoms with Gasteiger partial charge in [0.2, 0.25) is 0 Å². The number of aryl methyl sites for hydroxylation is 1. The van der Waals surface area contributed by atoms with Gasteiger partial charge in [-0.05, 0) is 72.6 Å². The van der Waals surface area contributed by atoms with Crippen molar-refractivity contribution < 1.29 is 17.9 Å². The Morgan fingerprint density at radius 3 is 2.00 bits per heavy atom. The summed E-state index contributed by atoms with van der Waals surface area (Å²) in [5.74, 6) is 0.328. The van der Waals surface area contributed by atoms with Gasteiger partial charge in [-0.3, -0.25) is 9.52 Å². The first-order valence-electron chi connectivity index (χ1n) is 9.08. The number of anilines is 2. The number of methoxy groups -OCH3 is 1. The van der Waals surface area contributed by atoms with Crippen molar-refractivity contribution >= 4 is 27.3 Å². The van der Waals surface area contributed by atoms with Crippen molar-refractivity contribution in [3.63, 3.8) is 0 Å². The molecule has 2 N–H and O–H groups in total. The monoisotopic (exact) mass is 410 g/mol. The fourth-order valence-corrected chi connectivity index (χ4v) is 3.74. The van der Waals surface area contributed by atoms with Crippen LogP contribution in [0.1, 0.15) is 22.8 Å². The maximum Gasteiger partial charge on any atom is 0.261 e. The highest BCUT2D eigenvalue weighted by atomic mass is 32.2. The molecule has 0 aliphatic carbocycles. The van der Waals surface area contributed by atoms with Crippen molar-refractivity contribution in [1.82, 2.24) is 0 Å². The SMILES string of the molecule is CCc1ccc(NC(=O)c2ccc(S(=O)(=O)Nc3ccc(OC)cc3)cc2)cc1. The lowest BCUT2D eigenvalue weighted by atomic mass is 10.1. The fourth-order valence-electron chi connectivity index (χ4n) is 2.69. The first-order chi connectivity index (χ1) is 13.9. The number of nitrogens with one attached hydrogen (secondary N) is 2. The zero-order valence-corrected chi connectivity index (χ0v) is 17.0. The standard InChI is InChI=1S/C22H22N2O4S/c1-3-16-4-8-18(9-5-16)23-22(25)17-6-14-21(15-7-17)29(26,27)24-19-10-12-20(28-2)13-11-19/h4-15,24H,3H2,1-2H3,(H,23,25). The lowest BCUT2D eigenvalue weighted by Crippen LogP contribution is -2.14. The summed E-state index contributed by atoms with van der Waals surface area (Å²) in [7, 11) is -2.23. The molecule has 3 rings (SSSR count). The Bertz CT molecular complexity index is 1080. The molecule has 0 unspecified atom stereocenters. The minimum atomic E-state index is -3.76. The van der Waals surface area contributed by atoms with Crippen LogP contribution in [0.3, 0.4) is 0 Å². The van der Waals surface area contributed by atoms with Crippen molar-refractivity contribution in [3.8, 4) is 5.75 Å². The molecular formula is C22H22N2O4S. The minimum Gasteiger partial charge on any atom is -0.497 e. The number of amides is 1. The van der Waals surface area contributed by atoms with Crippen LogP contribution in [-0.2, 0) is 16.4 Å². The third kappa shape index (κ3) is 5.14. The molecule has 0 atom stereocenters. The van der Waals surface area contributed by atoms with Crippen LogP contribution >= 0.6 is 0 Å². The van der Waals surface area contributed by atoms with Gasteiger partial charge >= 0.3 is 0 Å². The van der Waals surface area contributed by atoms with E-state index in [4.69, 9.17) is 4.74 Å². The summed E-state index contributed by atoms with van der Waals surface area (Å²) in [5, 5.41) is 2.80. The lowest BCUT2D eigenvalue weighted by Gasteiger charge is -2.10. The molecular weight excluding hydrogens is 388 g/mol. The van der Waals surface area contributed by atoms with Gasteiger partial charge in [-0.2, -0.15) is 0 Å². The van der Waals surface area contributed by atoms with E-state index in [1.165, 1.54) is 36.9 Å². The second-order valence-electron chi connectivity index (χ2n) is 6.36. The Kier molecular flexibility index (Phi) is 6.19. The second kappa shape index (κ2) is 8.79. The van der Waals surface area contributed by atoms with Crippen LogP contribution in [0, 0.1) is 0 Å². The molecule has 0 aliphatic heterocycles. The van der Waals surface area contributed by atoms with Crippen LogP contribution in [-0.4, -0.2) is 21.4 Å². The molecule has 0 spiro atoms. The summed E-state index contributed by atoms with van der Waals surface area (Å²) in [6.45, 7) is 2.06. The zero-order chi connectivity index (χ0) is 20.9. The quantitative estimate of drug-likeness (QED) is 0.608. The van der Waals surface area contributed by atoms with Gasteiger partial charge in [0.25, 0.3) is 15.9 Å². The summed E-state index contributed by atoms with van der Waals surface area (Å²) < 4.78 is 32.7. The smallest absolute Gasteiger partial charge is 0.261 e. The molecule has 0 saturated heterocycles. The van der Waals surface area contributed by atoms with E-state index in [2.05, 4.69) is 17.0 Å². The first kappa shape index (κ1) is 20.4. The molecule has 0 aromatic heterocycles. The van der Waals surface area contributed by atoms with Gasteiger partial charge in [0, 0.05) is 16.9 Å². The van der Waals surface area contributed by atoms with E-state index in [0.717, 1.165) is 6.42 Å². The molecule has 0 bridgehead atoms. The Labute approximate surface area is 170 Å². The van der Waals surface area contributed by atoms with Crippen molar-refractivity contribution in [2.75, 3.05) is 17.1 Å². The number of hydrogen-bond donors (Lipinski definition) is 2. The average molecular weight is 410 g/mol. The molecule has 0 radical (unpaired) electrons. The number of rotatable bonds is 7. The first-order valence-corrected chi connectivity index (χ1v) is 10.6. The molecule has 29 heavy (non-hydrogen) atoms. The van der Waals surface area contributed by atoms with Crippen LogP contribution in [0.15, 0.2) is 77.7 Å². The molecule has 6 nitrogen and oxygen atoms in total. The number of carbonyl (C=O) groups is 1. The van der Waals surface area contributed by atoms with Crippen molar-refractivity contribution in [2.45, 2.75) is 18.2 Å². The molecule has 0 fully saturated rings. The Morgan fingerprint density at radius 2 is 1.45 bits per heavy atom. The Morgan fingerprint density at radius 1 is 0.862 bits per heavy atom. The van der Waals surface area contributed by atoms with E-state index >= 15 is 0 Å². The summed E-state index contributed by atoms with van der Waals surface area (Å²) in [6, 6.07) is 19.9. The molecule has 0 saturated carbocycles. The number of hydrogen-bond acceptors (Lipinski definition) is 4. The Balaban J connectivity index is 1.69. The molecule has 1 amide bonds. The number of ether oxygens (including phenoxy) is 1. The van der Waals surface area contributed by atoms with E-state index in [1.54, 1.807) is 24.3 Å². The summed E-state index contributed by atoms with van der Waals surface area (Å²) in [4.78, 5) is 12.5. The maximum absolute atomic E-state index is 12.5. The predicted molar refractivity (Wildman–Crippen MR) is 114 cm³/mol. The van der Waals surface area contributed by atoms with Crippen LogP contribution in [0.25, 0.3) is 0 Å². The van der Waals surface area contributed by atoms with Crippen molar-refractivity contribution in [3.05, 3.63) is 83.9 Å². The molecule has 7 heteroatoms. The van der Waals surface area contributed by atoms with E-state index in [1.807, 2.05) is 24.3 Å². The minimum absolute atomic E-state index is 0.0668. The highest BCUT2D eigenvalue weighted by molar-refractivity contribution is 7.92. The van der Waals surface area contributed by atoms with E-state index < -0.39 is 10.0 Å². The second-order valence-corrected chi connectivity index (χ2v) is 8.05. The van der Waals surface area contributed by atoms with Crippen LogP contribution in [0.4, 0.5) is 11.4 Å². The van der Waals surface area contributed by atoms with Crippen LogP contribution in [0.2, 0.25) is 0 Å². The molecule has 3 aromatic rings. The van der Waals surface area contributed by atoms with E-state index in [0.29, 0.717) is 22.7 Å². The predicted octanol–water partition coefficient (Wildman–Crippen LogP) is 4.31. The lowest BCUT2D eigenvalue weighted by molar-refractivity contribution is 0.102. The molecule has 0 heterocycles. The van der Waals surface area contributed by atoms with Gasteiger partial charge in [-0.25, -0.2) is 8.42 Å². The van der Waals surface area contributed by atoms with Crippen LogP contribution in [0.5, 0.6) is 5.75 Å². The largest absolute Gasteiger partial charge is 0.497 e. The van der Waals surface area contributed by atoms with Gasteiger partial charge < -0.3 is 10.1 Å². The maximum atomic E-state index is 12.5. The molecule has 150 valence electrons. The third-order valence-corrected chi connectivity index (χ3v) is 5.79. The zero-order valence-electron chi connectivity index (χ0n) is 16.2. The van der Waals surface area contributed by atoms with Crippen molar-refractivity contribution in [2.24, 2.45) is 0 Å². The normalized spacial score (nSPS) is 11.0. The number of carbonyl (C=O) groups excluding carboxylic acids is 1. The number of benzene rings is 3. The topological polar surface area (TPSA) is 84.5 Å². The van der Waals surface area contributed by atoms with E-state index in [-0.39, 0.29) is 10.8 Å². The van der Waals surface area contributed by atoms with E-state index in [9.17, 15) is 13.2 Å². The fraction of sp³-hybridized carbons (Fsp3) is 0.136. The van der Waals surface area contributed by atoms with Gasteiger partial charge in [0.05, 0.1) is 12.0 Å². The molecule has 3 aromatic carbocycles. The van der Waals surface area contributed by atoms with Gasteiger partial charge in [-0.1, -0.05) is 19.1 Å².